The molecule has 0 radical (unpaired) electrons. The lowest BCUT2D eigenvalue weighted by molar-refractivity contribution is -0.140. The fraction of sp³-hybridized carbons (Fsp3) is 0.529. The van der Waals surface area contributed by atoms with E-state index in [2.05, 4.69) is 24.6 Å². The molecule has 0 unspecified atom stereocenters. The Kier molecular flexibility index (Phi) is 6.82. The van der Waals surface area contributed by atoms with Gasteiger partial charge in [-0.25, -0.2) is 19.3 Å². The van der Waals surface area contributed by atoms with Gasteiger partial charge in [-0.1, -0.05) is 11.9 Å². The fourth-order valence-corrected chi connectivity index (χ4v) is 4.59. The molecule has 13 heteroatoms. The SMILES string of the molecule is CSN1CCC(Nc2ncc(F)c(-c3sc(C(=O)N(C)C)nc3C(F)(F)F)n2)CC1. The highest BCUT2D eigenvalue weighted by molar-refractivity contribution is 7.96. The molecule has 0 atom stereocenters. The Morgan fingerprint density at radius 1 is 1.30 bits per heavy atom. The first kappa shape index (κ1) is 22.7. The second kappa shape index (κ2) is 9.02. The molecular formula is C17H20F4N6OS2. The van der Waals surface area contributed by atoms with Crippen LogP contribution in [0.4, 0.5) is 23.5 Å². The molecule has 0 spiro atoms. The molecule has 1 amide bonds. The van der Waals surface area contributed by atoms with E-state index in [0.29, 0.717) is 11.3 Å². The Balaban J connectivity index is 1.93. The summed E-state index contributed by atoms with van der Waals surface area (Å²) < 4.78 is 57.2. The lowest BCUT2D eigenvalue weighted by atomic mass is 10.1. The van der Waals surface area contributed by atoms with Crippen LogP contribution < -0.4 is 5.32 Å². The molecule has 0 aromatic carbocycles. The number of piperidine rings is 1. The summed E-state index contributed by atoms with van der Waals surface area (Å²) >= 11 is 2.11. The molecule has 1 aliphatic heterocycles. The Labute approximate surface area is 179 Å². The maximum Gasteiger partial charge on any atom is 0.434 e. The number of alkyl halides is 3. The van der Waals surface area contributed by atoms with Crippen molar-refractivity contribution < 1.29 is 22.4 Å². The minimum Gasteiger partial charge on any atom is -0.351 e. The summed E-state index contributed by atoms with van der Waals surface area (Å²) in [4.78, 5) is 24.0. The fourth-order valence-electron chi connectivity index (χ4n) is 2.92. The summed E-state index contributed by atoms with van der Waals surface area (Å²) in [6.45, 7) is 1.69. The Hall–Kier alpha value is -1.99. The number of halogens is 4. The number of carbonyl (C=O) groups excluding carboxylic acids is 1. The quantitative estimate of drug-likeness (QED) is 0.535. The number of aromatic nitrogens is 3. The molecule has 7 nitrogen and oxygen atoms in total. The lowest BCUT2D eigenvalue weighted by Crippen LogP contribution is -2.35. The third kappa shape index (κ3) is 5.01. The van der Waals surface area contributed by atoms with Gasteiger partial charge in [-0.05, 0) is 19.1 Å². The lowest BCUT2D eigenvalue weighted by Gasteiger charge is -2.30. The van der Waals surface area contributed by atoms with Crippen molar-refractivity contribution in [3.05, 3.63) is 22.7 Å². The van der Waals surface area contributed by atoms with Crippen LogP contribution in [0.2, 0.25) is 0 Å². The van der Waals surface area contributed by atoms with E-state index in [9.17, 15) is 22.4 Å². The first-order chi connectivity index (χ1) is 14.1. The molecule has 0 bridgehead atoms. The number of nitrogens with zero attached hydrogens (tertiary/aromatic N) is 5. The molecule has 0 saturated carbocycles. The highest BCUT2D eigenvalue weighted by Crippen LogP contribution is 2.40. The van der Waals surface area contributed by atoms with Gasteiger partial charge in [0.25, 0.3) is 5.91 Å². The minimum absolute atomic E-state index is 0.0288. The topological polar surface area (TPSA) is 74.2 Å². The smallest absolute Gasteiger partial charge is 0.351 e. The predicted molar refractivity (Wildman–Crippen MR) is 108 cm³/mol. The Bertz CT molecular complexity index is 912. The Morgan fingerprint density at radius 2 is 1.97 bits per heavy atom. The van der Waals surface area contributed by atoms with Gasteiger partial charge in [0.15, 0.2) is 16.5 Å². The summed E-state index contributed by atoms with van der Waals surface area (Å²) in [5, 5.41) is 2.68. The highest BCUT2D eigenvalue weighted by Gasteiger charge is 2.40. The van der Waals surface area contributed by atoms with Gasteiger partial charge in [0.1, 0.15) is 5.69 Å². The number of thiazole rings is 1. The Morgan fingerprint density at radius 3 is 2.53 bits per heavy atom. The molecule has 3 rings (SSSR count). The van der Waals surface area contributed by atoms with E-state index >= 15 is 0 Å². The number of anilines is 1. The van der Waals surface area contributed by atoms with Crippen molar-refractivity contribution in [3.63, 3.8) is 0 Å². The van der Waals surface area contributed by atoms with E-state index in [0.717, 1.165) is 37.0 Å². The van der Waals surface area contributed by atoms with Crippen LogP contribution in [0.5, 0.6) is 0 Å². The average Bonchev–Trinajstić information content (AvgIpc) is 3.15. The van der Waals surface area contributed by atoms with E-state index in [4.69, 9.17) is 0 Å². The van der Waals surface area contributed by atoms with Crippen molar-refractivity contribution >= 4 is 35.1 Å². The van der Waals surface area contributed by atoms with Crippen molar-refractivity contribution in [3.8, 4) is 10.6 Å². The maximum absolute atomic E-state index is 14.4. The summed E-state index contributed by atoms with van der Waals surface area (Å²) in [6, 6.07) is 0.0288. The monoisotopic (exact) mass is 464 g/mol. The van der Waals surface area contributed by atoms with Gasteiger partial charge >= 0.3 is 6.18 Å². The van der Waals surface area contributed by atoms with Gasteiger partial charge in [-0.2, -0.15) is 13.2 Å². The molecule has 0 aliphatic carbocycles. The van der Waals surface area contributed by atoms with Gasteiger partial charge in [-0.3, -0.25) is 9.10 Å². The first-order valence-corrected chi connectivity index (χ1v) is 11.0. The van der Waals surface area contributed by atoms with Crippen molar-refractivity contribution in [2.45, 2.75) is 25.1 Å². The largest absolute Gasteiger partial charge is 0.434 e. The minimum atomic E-state index is -4.87. The third-order valence-electron chi connectivity index (χ3n) is 4.49. The van der Waals surface area contributed by atoms with E-state index in [1.807, 2.05) is 6.26 Å². The van der Waals surface area contributed by atoms with Gasteiger partial charge in [0.2, 0.25) is 5.95 Å². The van der Waals surface area contributed by atoms with Crippen LogP contribution in [0.15, 0.2) is 6.20 Å². The summed E-state index contributed by atoms with van der Waals surface area (Å²) in [5.74, 6) is -1.68. The van der Waals surface area contributed by atoms with E-state index in [1.54, 1.807) is 11.9 Å². The van der Waals surface area contributed by atoms with Crippen molar-refractivity contribution in [1.82, 2.24) is 24.2 Å². The second-order valence-corrected chi connectivity index (χ2v) is 8.70. The molecule has 2 aromatic rings. The van der Waals surface area contributed by atoms with E-state index < -0.39 is 34.2 Å². The molecule has 164 valence electrons. The second-order valence-electron chi connectivity index (χ2n) is 6.81. The molecule has 1 fully saturated rings. The molecule has 1 saturated heterocycles. The predicted octanol–water partition coefficient (Wildman–Crippen LogP) is 3.61. The number of hydrogen-bond acceptors (Lipinski definition) is 8. The zero-order valence-electron chi connectivity index (χ0n) is 16.5. The summed E-state index contributed by atoms with van der Waals surface area (Å²) in [5.41, 5.74) is -1.87. The number of nitrogens with one attached hydrogen (secondary N) is 1. The highest BCUT2D eigenvalue weighted by atomic mass is 32.2. The summed E-state index contributed by atoms with van der Waals surface area (Å²) in [7, 11) is 2.79. The first-order valence-electron chi connectivity index (χ1n) is 8.98. The maximum atomic E-state index is 14.4. The third-order valence-corrected chi connectivity index (χ3v) is 6.42. The summed E-state index contributed by atoms with van der Waals surface area (Å²) in [6.07, 6.45) is -0.452. The zero-order chi connectivity index (χ0) is 22.1. The number of amides is 1. The van der Waals surface area contributed by atoms with Gasteiger partial charge in [0, 0.05) is 33.2 Å². The number of carbonyl (C=O) groups is 1. The van der Waals surface area contributed by atoms with Crippen LogP contribution in [-0.2, 0) is 6.18 Å². The van der Waals surface area contributed by atoms with Crippen LogP contribution in [0.3, 0.4) is 0 Å². The molecule has 1 aliphatic rings. The number of rotatable bonds is 5. The standard InChI is InChI=1S/C17H20F4N6OS2/c1-26(2)15(28)14-25-13(17(19,20)21)12(30-14)11-10(18)8-22-16(24-11)23-9-4-6-27(29-3)7-5-9/h8-9H,4-7H2,1-3H3,(H,22,23,24). The van der Waals surface area contributed by atoms with Crippen LogP contribution >= 0.6 is 23.3 Å². The van der Waals surface area contributed by atoms with Crippen molar-refractivity contribution in [2.24, 2.45) is 0 Å². The van der Waals surface area contributed by atoms with Gasteiger partial charge in [-0.15, -0.1) is 11.3 Å². The molecule has 3 heterocycles. The molecule has 2 aromatic heterocycles. The van der Waals surface area contributed by atoms with Crippen LogP contribution in [0, 0.1) is 5.82 Å². The normalized spacial score (nSPS) is 16.0. The number of hydrogen-bond donors (Lipinski definition) is 1. The van der Waals surface area contributed by atoms with Crippen molar-refractivity contribution in [2.75, 3.05) is 38.8 Å². The van der Waals surface area contributed by atoms with Crippen molar-refractivity contribution in [1.29, 1.82) is 0 Å². The van der Waals surface area contributed by atoms with Crippen LogP contribution in [0.1, 0.15) is 28.3 Å². The van der Waals surface area contributed by atoms with Gasteiger partial charge < -0.3 is 10.2 Å². The average molecular weight is 465 g/mol. The van der Waals surface area contributed by atoms with Gasteiger partial charge in [0.05, 0.1) is 11.1 Å². The molecule has 1 N–H and O–H groups in total. The molecule has 30 heavy (non-hydrogen) atoms. The van der Waals surface area contributed by atoms with E-state index in [1.165, 1.54) is 14.1 Å². The van der Waals surface area contributed by atoms with Crippen LogP contribution in [0.25, 0.3) is 10.6 Å². The van der Waals surface area contributed by atoms with Crippen LogP contribution in [-0.4, -0.2) is 69.5 Å². The zero-order valence-corrected chi connectivity index (χ0v) is 18.1. The van der Waals surface area contributed by atoms with E-state index in [-0.39, 0.29) is 17.0 Å². The molecular weight excluding hydrogens is 444 g/mol.